The first-order valence-corrected chi connectivity index (χ1v) is 9.86. The monoisotopic (exact) mass is 420 g/mol. The van der Waals surface area contributed by atoms with Crippen molar-refractivity contribution in [3.63, 3.8) is 0 Å². The number of rotatable bonds is 6. The van der Waals surface area contributed by atoms with Crippen molar-refractivity contribution in [1.82, 2.24) is 10.0 Å². The molecule has 1 amide bonds. The van der Waals surface area contributed by atoms with E-state index in [-0.39, 0.29) is 29.1 Å². The van der Waals surface area contributed by atoms with Crippen molar-refractivity contribution in [3.8, 4) is 11.1 Å². The van der Waals surface area contributed by atoms with Gasteiger partial charge in [-0.05, 0) is 24.6 Å². The lowest BCUT2D eigenvalue weighted by Crippen LogP contribution is -2.39. The molecule has 0 saturated carbocycles. The lowest BCUT2D eigenvalue weighted by atomic mass is 10.1. The molecule has 2 N–H and O–H groups in total. The van der Waals surface area contributed by atoms with Crippen LogP contribution in [0.1, 0.15) is 6.42 Å². The maximum absolute atomic E-state index is 14.4. The topological polar surface area (TPSA) is 105 Å². The van der Waals surface area contributed by atoms with Crippen LogP contribution in [0.2, 0.25) is 5.02 Å². The summed E-state index contributed by atoms with van der Waals surface area (Å²) >= 11 is 5.65. The second-order valence-electron chi connectivity index (χ2n) is 5.77. The van der Waals surface area contributed by atoms with E-state index in [2.05, 4.69) is 0 Å². The number of nitrogens with one attached hydrogen (secondary N) is 1. The molecule has 0 radical (unpaired) electrons. The van der Waals surface area contributed by atoms with Crippen molar-refractivity contribution in [2.75, 3.05) is 6.26 Å². The fraction of sp³-hybridized carbons (Fsp3) is 0.250. The number of carbonyl (C=O) groups is 1. The second kappa shape index (κ2) is 8.15. The number of aryl methyl sites for hydroxylation is 1. The average Bonchev–Trinajstić information content (AvgIpc) is 2.56. The average molecular weight is 421 g/mol. The largest absolute Gasteiger partial charge is 0.312 e. The van der Waals surface area contributed by atoms with E-state index in [0.717, 1.165) is 29.2 Å². The molecule has 2 rings (SSSR count). The fourth-order valence-electron chi connectivity index (χ4n) is 2.50. The van der Waals surface area contributed by atoms with Gasteiger partial charge in [-0.3, -0.25) is 14.8 Å². The molecule has 0 saturated heterocycles. The number of nitrogens with zero attached hydrogens (tertiary/aromatic N) is 1. The van der Waals surface area contributed by atoms with Gasteiger partial charge in [0, 0.05) is 41.2 Å². The first-order chi connectivity index (χ1) is 12.5. The van der Waals surface area contributed by atoms with Gasteiger partial charge in [-0.1, -0.05) is 11.6 Å². The molecule has 11 heteroatoms. The first-order valence-electron chi connectivity index (χ1n) is 7.53. The van der Waals surface area contributed by atoms with E-state index in [1.54, 1.807) is 0 Å². The fourth-order valence-corrected chi connectivity index (χ4v) is 3.64. The van der Waals surface area contributed by atoms with Crippen LogP contribution in [-0.4, -0.2) is 35.6 Å². The smallest absolute Gasteiger partial charge is 0.261 e. The van der Waals surface area contributed by atoms with E-state index >= 15 is 0 Å². The highest BCUT2D eigenvalue weighted by atomic mass is 35.5. The highest BCUT2D eigenvalue weighted by molar-refractivity contribution is 7.92. The molecule has 2 aromatic rings. The summed E-state index contributed by atoms with van der Waals surface area (Å²) in [5.41, 5.74) is 0.0816. The van der Waals surface area contributed by atoms with Gasteiger partial charge in [0.15, 0.2) is 9.84 Å². The van der Waals surface area contributed by atoms with E-state index in [9.17, 15) is 26.8 Å². The lowest BCUT2D eigenvalue weighted by Gasteiger charge is -2.14. The van der Waals surface area contributed by atoms with Crippen molar-refractivity contribution in [2.45, 2.75) is 18.2 Å². The molecule has 1 atom stereocenters. The number of amides is 1. The maximum Gasteiger partial charge on any atom is 0.261 e. The SMILES string of the molecule is CS(=O)(=O)C(CCn1cc(F)c(-c2ccc(Cl)cc2F)cc1=O)C(=O)NO. The number of benzene rings is 1. The van der Waals surface area contributed by atoms with Gasteiger partial charge in [0.1, 0.15) is 16.9 Å². The number of carbonyl (C=O) groups excluding carboxylic acids is 1. The summed E-state index contributed by atoms with van der Waals surface area (Å²) in [6, 6.07) is 4.41. The van der Waals surface area contributed by atoms with Gasteiger partial charge in [0.2, 0.25) is 0 Å². The number of sulfone groups is 1. The summed E-state index contributed by atoms with van der Waals surface area (Å²) in [4.78, 5) is 23.7. The van der Waals surface area contributed by atoms with Gasteiger partial charge in [-0.25, -0.2) is 22.7 Å². The zero-order valence-corrected chi connectivity index (χ0v) is 15.5. The quantitative estimate of drug-likeness (QED) is 0.547. The molecule has 1 heterocycles. The second-order valence-corrected chi connectivity index (χ2v) is 8.44. The zero-order valence-electron chi connectivity index (χ0n) is 13.9. The number of hydrogen-bond donors (Lipinski definition) is 2. The summed E-state index contributed by atoms with van der Waals surface area (Å²) in [5, 5.41) is 7.13. The minimum absolute atomic E-state index is 0.110. The zero-order chi connectivity index (χ0) is 20.4. The van der Waals surface area contributed by atoms with Crippen LogP contribution in [0.15, 0.2) is 35.3 Å². The summed E-state index contributed by atoms with van der Waals surface area (Å²) in [5.74, 6) is -2.89. The van der Waals surface area contributed by atoms with Crippen LogP contribution in [0.3, 0.4) is 0 Å². The Balaban J connectivity index is 2.34. The standard InChI is InChI=1S/C16H15ClF2N2O5S/c1-27(25,26)14(16(23)20-24)4-5-21-8-13(19)11(7-15(21)22)10-3-2-9(17)6-12(10)18/h2-3,6-8,14,24H,4-5H2,1H3,(H,20,23). The lowest BCUT2D eigenvalue weighted by molar-refractivity contribution is -0.128. The minimum Gasteiger partial charge on any atom is -0.312 e. The van der Waals surface area contributed by atoms with Crippen molar-refractivity contribution >= 4 is 27.3 Å². The van der Waals surface area contributed by atoms with E-state index < -0.39 is 38.2 Å². The Kier molecular flexibility index (Phi) is 6.34. The molecule has 0 aliphatic carbocycles. The van der Waals surface area contributed by atoms with E-state index in [1.807, 2.05) is 0 Å². The van der Waals surface area contributed by atoms with Crippen molar-refractivity contribution < 1.29 is 27.2 Å². The molecule has 0 aliphatic rings. The van der Waals surface area contributed by atoms with Crippen LogP contribution < -0.4 is 11.0 Å². The molecule has 0 aliphatic heterocycles. The van der Waals surface area contributed by atoms with Gasteiger partial charge >= 0.3 is 0 Å². The molecule has 1 aromatic carbocycles. The molecule has 0 fully saturated rings. The predicted octanol–water partition coefficient (Wildman–Crippen LogP) is 1.76. The highest BCUT2D eigenvalue weighted by Crippen LogP contribution is 2.26. The van der Waals surface area contributed by atoms with Crippen LogP contribution >= 0.6 is 11.6 Å². The van der Waals surface area contributed by atoms with Crippen LogP contribution in [0.5, 0.6) is 0 Å². The Morgan fingerprint density at radius 2 is 1.93 bits per heavy atom. The van der Waals surface area contributed by atoms with Crippen LogP contribution in [0, 0.1) is 11.6 Å². The van der Waals surface area contributed by atoms with Gasteiger partial charge in [0.25, 0.3) is 11.5 Å². The molecule has 27 heavy (non-hydrogen) atoms. The first kappa shape index (κ1) is 21.0. The molecule has 1 aromatic heterocycles. The Labute approximate surface area is 158 Å². The predicted molar refractivity (Wildman–Crippen MR) is 94.2 cm³/mol. The molecule has 146 valence electrons. The third-order valence-corrected chi connectivity index (χ3v) is 5.57. The van der Waals surface area contributed by atoms with Gasteiger partial charge in [-0.2, -0.15) is 0 Å². The Morgan fingerprint density at radius 3 is 2.48 bits per heavy atom. The van der Waals surface area contributed by atoms with Crippen LogP contribution in [-0.2, 0) is 21.2 Å². The normalized spacial score (nSPS) is 12.6. The summed E-state index contributed by atoms with van der Waals surface area (Å²) in [7, 11) is -3.87. The minimum atomic E-state index is -3.87. The third kappa shape index (κ3) is 4.90. The number of pyridine rings is 1. The number of hydrogen-bond acceptors (Lipinski definition) is 5. The molecular formula is C16H15ClF2N2O5S. The van der Waals surface area contributed by atoms with Gasteiger partial charge in [-0.15, -0.1) is 0 Å². The Hall–Kier alpha value is -2.30. The summed E-state index contributed by atoms with van der Waals surface area (Å²) in [6.45, 7) is -0.315. The number of hydroxylamine groups is 1. The molecule has 0 spiro atoms. The van der Waals surface area contributed by atoms with E-state index in [1.165, 1.54) is 17.6 Å². The van der Waals surface area contributed by atoms with Gasteiger partial charge < -0.3 is 4.57 Å². The van der Waals surface area contributed by atoms with E-state index in [4.69, 9.17) is 16.8 Å². The summed E-state index contributed by atoms with van der Waals surface area (Å²) in [6.07, 6.45) is 1.21. The number of halogens is 3. The van der Waals surface area contributed by atoms with Crippen molar-refractivity contribution in [2.24, 2.45) is 0 Å². The Bertz CT molecular complexity index is 1040. The summed E-state index contributed by atoms with van der Waals surface area (Å²) < 4.78 is 52.5. The maximum atomic E-state index is 14.4. The molecule has 1 unspecified atom stereocenters. The van der Waals surface area contributed by atoms with Crippen LogP contribution in [0.25, 0.3) is 11.1 Å². The molecular weight excluding hydrogens is 406 g/mol. The van der Waals surface area contributed by atoms with Crippen molar-refractivity contribution in [1.29, 1.82) is 0 Å². The van der Waals surface area contributed by atoms with Crippen LogP contribution in [0.4, 0.5) is 8.78 Å². The van der Waals surface area contributed by atoms with Crippen molar-refractivity contribution in [3.05, 3.63) is 57.5 Å². The number of aromatic nitrogens is 1. The third-order valence-electron chi connectivity index (χ3n) is 3.85. The van der Waals surface area contributed by atoms with E-state index in [0.29, 0.717) is 0 Å². The Morgan fingerprint density at radius 1 is 1.26 bits per heavy atom. The van der Waals surface area contributed by atoms with Gasteiger partial charge in [0.05, 0.1) is 0 Å². The molecule has 7 nitrogen and oxygen atoms in total. The molecule has 0 bridgehead atoms. The highest BCUT2D eigenvalue weighted by Gasteiger charge is 2.28.